The van der Waals surface area contributed by atoms with Crippen LogP contribution in [0, 0.1) is 0 Å². The molecule has 2 N–H and O–H groups in total. The summed E-state index contributed by atoms with van der Waals surface area (Å²) in [5.41, 5.74) is 1.71. The van der Waals surface area contributed by atoms with Gasteiger partial charge in [-0.2, -0.15) is 12.6 Å². The van der Waals surface area contributed by atoms with E-state index in [0.29, 0.717) is 31.7 Å². The van der Waals surface area contributed by atoms with Crippen molar-refractivity contribution < 1.29 is 9.59 Å². The second-order valence-corrected chi connectivity index (χ2v) is 16.0. The van der Waals surface area contributed by atoms with Crippen molar-refractivity contribution in [3.8, 4) is 0 Å². The smallest absolute Gasteiger partial charge is 0.224 e. The summed E-state index contributed by atoms with van der Waals surface area (Å²) in [6.07, 6.45) is 1.71. The van der Waals surface area contributed by atoms with Crippen LogP contribution in [0.1, 0.15) is 113 Å². The minimum absolute atomic E-state index is 0.000814. The Bertz CT molecular complexity index is 1110. The number of carbonyl (C=O) groups is 2. The van der Waals surface area contributed by atoms with Crippen LogP contribution in [0.4, 0.5) is 0 Å². The van der Waals surface area contributed by atoms with E-state index in [2.05, 4.69) is 112 Å². The first-order valence-corrected chi connectivity index (χ1v) is 16.0. The lowest BCUT2D eigenvalue weighted by Crippen LogP contribution is -2.40. The van der Waals surface area contributed by atoms with E-state index in [4.69, 9.17) is 0 Å². The van der Waals surface area contributed by atoms with E-state index in [-0.39, 0.29) is 33.5 Å². The first-order valence-electron chi connectivity index (χ1n) is 13.8. The molecule has 0 atom stereocenters. The predicted molar refractivity (Wildman–Crippen MR) is 170 cm³/mol. The summed E-state index contributed by atoms with van der Waals surface area (Å²) in [6.45, 7) is 26.0. The maximum atomic E-state index is 12.8. The van der Waals surface area contributed by atoms with Gasteiger partial charge in [0.25, 0.3) is 0 Å². The molecule has 2 aromatic rings. The van der Waals surface area contributed by atoms with E-state index in [1.807, 2.05) is 22.7 Å². The molecule has 2 heterocycles. The fourth-order valence-corrected chi connectivity index (χ4v) is 7.60. The van der Waals surface area contributed by atoms with Crippen molar-refractivity contribution in [1.82, 2.24) is 10.6 Å². The van der Waals surface area contributed by atoms with Gasteiger partial charge in [0.1, 0.15) is 0 Å². The van der Waals surface area contributed by atoms with E-state index in [1.165, 1.54) is 19.5 Å². The van der Waals surface area contributed by atoms with Crippen molar-refractivity contribution in [2.24, 2.45) is 0 Å². The number of nitrogens with one attached hydrogen (secondary N) is 2. The molecule has 0 saturated heterocycles. The standard InChI is InChI=1S/C31H50N2O2S3/c1-12-13-32-24(34)18-20-17-23(38-26(20)29(5,6)7)30(8,9)31(10,11)27-21(19-25(35)33-14-15-36)16-22(37-27)28(2,3)4/h16-17,36H,12-15,18-19H2,1-11H3,(H,32,34)(H,33,35). The highest BCUT2D eigenvalue weighted by Crippen LogP contribution is 2.52. The number of rotatable bonds is 11. The first-order chi connectivity index (χ1) is 17.4. The van der Waals surface area contributed by atoms with Crippen LogP contribution in [0.25, 0.3) is 0 Å². The number of hydrogen-bond donors (Lipinski definition) is 3. The first kappa shape index (κ1) is 32.9. The van der Waals surface area contributed by atoms with Crippen molar-refractivity contribution in [2.45, 2.75) is 117 Å². The largest absolute Gasteiger partial charge is 0.356 e. The molecule has 2 aromatic heterocycles. The van der Waals surface area contributed by atoms with Gasteiger partial charge < -0.3 is 10.6 Å². The Labute approximate surface area is 245 Å². The van der Waals surface area contributed by atoms with Gasteiger partial charge in [-0.05, 0) is 40.5 Å². The third-order valence-corrected chi connectivity index (χ3v) is 11.6. The normalized spacial score (nSPS) is 13.1. The highest BCUT2D eigenvalue weighted by molar-refractivity contribution is 7.80. The molecule has 0 saturated carbocycles. The van der Waals surface area contributed by atoms with Crippen LogP contribution in [-0.4, -0.2) is 30.7 Å². The zero-order chi connectivity index (χ0) is 29.1. The fraction of sp³-hybridized carbons (Fsp3) is 0.677. The summed E-state index contributed by atoms with van der Waals surface area (Å²) in [5.74, 6) is 0.751. The summed E-state index contributed by atoms with van der Waals surface area (Å²) in [4.78, 5) is 30.6. The molecule has 2 amide bonds. The molecule has 0 spiro atoms. The average Bonchev–Trinajstić information content (AvgIpc) is 3.41. The highest BCUT2D eigenvalue weighted by Gasteiger charge is 2.44. The molecular weight excluding hydrogens is 529 g/mol. The van der Waals surface area contributed by atoms with Crippen LogP contribution >= 0.6 is 35.3 Å². The van der Waals surface area contributed by atoms with Crippen LogP contribution in [0.5, 0.6) is 0 Å². The van der Waals surface area contributed by atoms with Gasteiger partial charge in [-0.25, -0.2) is 0 Å². The van der Waals surface area contributed by atoms with Crippen LogP contribution in [-0.2, 0) is 44.1 Å². The third-order valence-electron chi connectivity index (χ3n) is 7.49. The predicted octanol–water partition coefficient (Wildman–Crippen LogP) is 7.32. The number of thiophene rings is 2. The van der Waals surface area contributed by atoms with Crippen LogP contribution in [0.3, 0.4) is 0 Å². The Balaban J connectivity index is 2.59. The number of hydrogen-bond acceptors (Lipinski definition) is 5. The molecule has 0 aromatic carbocycles. The van der Waals surface area contributed by atoms with Crippen molar-refractivity contribution in [2.75, 3.05) is 18.8 Å². The Kier molecular flexibility index (Phi) is 10.8. The summed E-state index contributed by atoms with van der Waals surface area (Å²) >= 11 is 7.92. The lowest BCUT2D eigenvalue weighted by atomic mass is 9.65. The van der Waals surface area contributed by atoms with Crippen LogP contribution < -0.4 is 10.6 Å². The number of thiol groups is 1. The molecule has 0 radical (unpaired) electrons. The van der Waals surface area contributed by atoms with Gasteiger partial charge in [0.15, 0.2) is 0 Å². The maximum Gasteiger partial charge on any atom is 0.224 e. The topological polar surface area (TPSA) is 58.2 Å². The van der Waals surface area contributed by atoms with Crippen molar-refractivity contribution >= 4 is 47.1 Å². The number of amides is 2. The molecule has 0 aliphatic carbocycles. The zero-order valence-electron chi connectivity index (χ0n) is 25.5. The molecule has 38 heavy (non-hydrogen) atoms. The Morgan fingerprint density at radius 1 is 0.711 bits per heavy atom. The molecule has 0 aliphatic rings. The van der Waals surface area contributed by atoms with E-state index in [1.54, 1.807) is 0 Å². The molecular formula is C31H50N2O2S3. The Morgan fingerprint density at radius 2 is 1.18 bits per heavy atom. The molecule has 2 rings (SSSR count). The second kappa shape index (κ2) is 12.5. The summed E-state index contributed by atoms with van der Waals surface area (Å²) in [5, 5.41) is 6.04. The summed E-state index contributed by atoms with van der Waals surface area (Å²) in [6, 6.07) is 4.52. The minimum atomic E-state index is -0.248. The average molecular weight is 579 g/mol. The molecule has 0 fully saturated rings. The third kappa shape index (κ3) is 7.66. The van der Waals surface area contributed by atoms with Crippen LogP contribution in [0.15, 0.2) is 12.1 Å². The lowest BCUT2D eigenvalue weighted by Gasteiger charge is -2.41. The van der Waals surface area contributed by atoms with Gasteiger partial charge in [0.05, 0.1) is 12.8 Å². The van der Waals surface area contributed by atoms with E-state index >= 15 is 0 Å². The van der Waals surface area contributed by atoms with Gasteiger partial charge in [-0.1, -0.05) is 76.2 Å². The highest BCUT2D eigenvalue weighted by atomic mass is 32.1. The Hall–Kier alpha value is -1.31. The number of carbonyl (C=O) groups excluding carboxylic acids is 2. The maximum absolute atomic E-state index is 12.8. The quantitative estimate of drug-likeness (QED) is 0.245. The van der Waals surface area contributed by atoms with Gasteiger partial charge >= 0.3 is 0 Å². The minimum Gasteiger partial charge on any atom is -0.356 e. The monoisotopic (exact) mass is 578 g/mol. The molecule has 0 aliphatic heterocycles. The van der Waals surface area contributed by atoms with E-state index in [0.717, 1.165) is 17.5 Å². The second-order valence-electron chi connectivity index (χ2n) is 13.5. The van der Waals surface area contributed by atoms with E-state index < -0.39 is 0 Å². The Morgan fingerprint density at radius 3 is 1.66 bits per heavy atom. The molecule has 0 unspecified atom stereocenters. The van der Waals surface area contributed by atoms with Gasteiger partial charge in [0, 0.05) is 49.2 Å². The molecule has 4 nitrogen and oxygen atoms in total. The molecule has 7 heteroatoms. The molecule has 0 bridgehead atoms. The SMILES string of the molecule is CCCNC(=O)Cc1cc(C(C)(C)C(C)(C)c2sc(C(C)(C)C)cc2CC(=O)NCCS)sc1C(C)(C)C. The lowest BCUT2D eigenvalue weighted by molar-refractivity contribution is -0.121. The van der Waals surface area contributed by atoms with Gasteiger partial charge in [0.2, 0.25) is 11.8 Å². The van der Waals surface area contributed by atoms with Crippen molar-refractivity contribution in [1.29, 1.82) is 0 Å². The fourth-order valence-electron chi connectivity index (χ4n) is 4.48. The van der Waals surface area contributed by atoms with E-state index in [9.17, 15) is 9.59 Å². The summed E-state index contributed by atoms with van der Waals surface area (Å²) in [7, 11) is 0. The van der Waals surface area contributed by atoms with Gasteiger partial charge in [-0.3, -0.25) is 9.59 Å². The summed E-state index contributed by atoms with van der Waals surface area (Å²) < 4.78 is 0. The van der Waals surface area contributed by atoms with Gasteiger partial charge in [-0.15, -0.1) is 22.7 Å². The molecule has 214 valence electrons. The zero-order valence-corrected chi connectivity index (χ0v) is 28.0. The van der Waals surface area contributed by atoms with Crippen molar-refractivity contribution in [3.63, 3.8) is 0 Å². The van der Waals surface area contributed by atoms with Crippen molar-refractivity contribution in [3.05, 3.63) is 42.8 Å². The van der Waals surface area contributed by atoms with Crippen LogP contribution in [0.2, 0.25) is 0 Å².